The van der Waals surface area contributed by atoms with Gasteiger partial charge in [-0.3, -0.25) is 20.1 Å². The lowest BCUT2D eigenvalue weighted by molar-refractivity contribution is -0.149. The molecule has 3 N–H and O–H groups in total. The van der Waals surface area contributed by atoms with Crippen LogP contribution in [-0.2, 0) is 9.53 Å². The Morgan fingerprint density at radius 1 is 1.12 bits per heavy atom. The molecule has 0 aromatic rings. The Morgan fingerprint density at radius 3 is 2.50 bits per heavy atom. The summed E-state index contributed by atoms with van der Waals surface area (Å²) in [6.07, 6.45) is 7.00. The minimum absolute atomic E-state index is 0.0514. The van der Waals surface area contributed by atoms with Crippen LogP contribution in [0.4, 0.5) is 0 Å². The number of hydrogen-bond acceptors (Lipinski definition) is 11. The number of hydrazone groups is 1. The van der Waals surface area contributed by atoms with Crippen LogP contribution in [-0.4, -0.2) is 85.7 Å². The average molecular weight is 595 g/mol. The first kappa shape index (κ1) is 28.0. The molecule has 0 radical (unpaired) electrons. The van der Waals surface area contributed by atoms with E-state index in [2.05, 4.69) is 32.9 Å². The van der Waals surface area contributed by atoms with Crippen molar-refractivity contribution in [2.75, 3.05) is 26.2 Å². The van der Waals surface area contributed by atoms with E-state index in [0.29, 0.717) is 42.4 Å². The highest BCUT2D eigenvalue weighted by molar-refractivity contribution is 14.1. The predicted molar refractivity (Wildman–Crippen MR) is 135 cm³/mol. The Morgan fingerprint density at radius 2 is 1.85 bits per heavy atom. The van der Waals surface area contributed by atoms with Crippen LogP contribution >= 0.6 is 22.6 Å². The quantitative estimate of drug-likeness (QED) is 0.120. The van der Waals surface area contributed by atoms with Crippen molar-refractivity contribution >= 4 is 34.3 Å². The fourth-order valence-corrected chi connectivity index (χ4v) is 6.13. The normalized spacial score (nSPS) is 33.8. The number of carbonyl (C=O) groups excluding carboxylic acids is 1. The lowest BCUT2D eigenvalue weighted by Gasteiger charge is -2.45. The SMILES string of the molecule is CCOC(=O)C1CCCN(CC(=NNC2CCC(N([O-])O)CC2N([O-])O)C2CCC(I)CC2)C1. The Hall–Kier alpha value is -0.610. The van der Waals surface area contributed by atoms with Gasteiger partial charge < -0.3 is 31.0 Å². The van der Waals surface area contributed by atoms with Gasteiger partial charge in [0.25, 0.3) is 0 Å². The maximum absolute atomic E-state index is 12.3. The zero-order chi connectivity index (χ0) is 24.7. The van der Waals surface area contributed by atoms with Crippen LogP contribution in [0, 0.1) is 22.3 Å². The van der Waals surface area contributed by atoms with E-state index in [-0.39, 0.29) is 28.8 Å². The van der Waals surface area contributed by atoms with Crippen molar-refractivity contribution in [1.29, 1.82) is 0 Å². The molecule has 196 valence electrons. The van der Waals surface area contributed by atoms with E-state index in [0.717, 1.165) is 50.8 Å². The highest BCUT2D eigenvalue weighted by Gasteiger charge is 2.33. The van der Waals surface area contributed by atoms with Gasteiger partial charge in [-0.1, -0.05) is 22.6 Å². The van der Waals surface area contributed by atoms with Gasteiger partial charge in [-0.2, -0.15) is 5.10 Å². The number of rotatable bonds is 9. The summed E-state index contributed by atoms with van der Waals surface area (Å²) in [6.45, 7) is 4.39. The summed E-state index contributed by atoms with van der Waals surface area (Å²) in [6, 6.07) is -2.02. The summed E-state index contributed by atoms with van der Waals surface area (Å²) in [5.41, 5.74) is 4.14. The summed E-state index contributed by atoms with van der Waals surface area (Å²) in [4.78, 5) is 14.5. The molecule has 0 bridgehead atoms. The van der Waals surface area contributed by atoms with Gasteiger partial charge in [-0.05, 0) is 71.3 Å². The van der Waals surface area contributed by atoms with Gasteiger partial charge in [0.15, 0.2) is 0 Å². The number of ether oxygens (including phenoxy) is 1. The van der Waals surface area contributed by atoms with E-state index < -0.39 is 18.1 Å². The number of nitrogens with zero attached hydrogens (tertiary/aromatic N) is 4. The van der Waals surface area contributed by atoms with E-state index in [9.17, 15) is 25.6 Å². The second-order valence-corrected chi connectivity index (χ2v) is 11.5. The number of carbonyl (C=O) groups is 1. The third-order valence-corrected chi connectivity index (χ3v) is 8.64. The van der Waals surface area contributed by atoms with Gasteiger partial charge in [0.2, 0.25) is 0 Å². The molecule has 1 saturated heterocycles. The molecule has 4 atom stereocenters. The predicted octanol–water partition coefficient (Wildman–Crippen LogP) is 2.87. The number of piperidine rings is 1. The summed E-state index contributed by atoms with van der Waals surface area (Å²) in [7, 11) is 0. The van der Waals surface area contributed by atoms with Crippen molar-refractivity contribution in [2.24, 2.45) is 16.9 Å². The van der Waals surface area contributed by atoms with E-state index in [1.54, 1.807) is 0 Å². The van der Waals surface area contributed by atoms with E-state index in [1.807, 2.05) is 6.92 Å². The molecule has 3 rings (SSSR count). The largest absolute Gasteiger partial charge is 0.762 e. The molecule has 0 aromatic heterocycles. The number of halogens is 1. The fraction of sp³-hybridized carbons (Fsp3) is 0.909. The van der Waals surface area contributed by atoms with Crippen LogP contribution in [0.1, 0.15) is 64.7 Å². The van der Waals surface area contributed by atoms with Crippen molar-refractivity contribution in [1.82, 2.24) is 20.8 Å². The summed E-state index contributed by atoms with van der Waals surface area (Å²) >= 11 is 2.50. The van der Waals surface area contributed by atoms with Crippen molar-refractivity contribution < 1.29 is 19.9 Å². The molecule has 3 fully saturated rings. The second kappa shape index (κ2) is 13.6. The zero-order valence-electron chi connectivity index (χ0n) is 19.9. The molecular formula is C22H38IN5O6-2. The van der Waals surface area contributed by atoms with Crippen LogP contribution in [0.3, 0.4) is 0 Å². The maximum atomic E-state index is 12.3. The molecule has 34 heavy (non-hydrogen) atoms. The molecule has 1 aliphatic heterocycles. The Bertz CT molecular complexity index is 676. The Balaban J connectivity index is 1.69. The van der Waals surface area contributed by atoms with E-state index in [4.69, 9.17) is 9.84 Å². The van der Waals surface area contributed by atoms with Gasteiger partial charge in [0.1, 0.15) is 0 Å². The summed E-state index contributed by atoms with van der Waals surface area (Å²) in [5, 5.41) is 46.4. The molecule has 2 saturated carbocycles. The molecule has 0 spiro atoms. The highest BCUT2D eigenvalue weighted by atomic mass is 127. The van der Waals surface area contributed by atoms with Crippen LogP contribution in [0.25, 0.3) is 0 Å². The van der Waals surface area contributed by atoms with E-state index >= 15 is 0 Å². The highest BCUT2D eigenvalue weighted by Crippen LogP contribution is 2.31. The first-order chi connectivity index (χ1) is 16.3. The first-order valence-electron chi connectivity index (χ1n) is 12.4. The van der Waals surface area contributed by atoms with Gasteiger partial charge in [0.05, 0.1) is 24.3 Å². The van der Waals surface area contributed by atoms with Crippen LogP contribution in [0.15, 0.2) is 5.10 Å². The molecular weight excluding hydrogens is 557 g/mol. The van der Waals surface area contributed by atoms with Gasteiger partial charge >= 0.3 is 5.97 Å². The average Bonchev–Trinajstić information content (AvgIpc) is 2.82. The molecule has 4 unspecified atom stereocenters. The van der Waals surface area contributed by atoms with Crippen molar-refractivity contribution in [2.45, 2.75) is 86.8 Å². The Labute approximate surface area is 215 Å². The minimum atomic E-state index is -0.874. The molecule has 0 aromatic carbocycles. The van der Waals surface area contributed by atoms with Crippen molar-refractivity contribution in [3.05, 3.63) is 10.4 Å². The van der Waals surface area contributed by atoms with E-state index in [1.165, 1.54) is 0 Å². The lowest BCUT2D eigenvalue weighted by atomic mass is 9.85. The summed E-state index contributed by atoms with van der Waals surface area (Å²) < 4.78 is 5.91. The molecule has 3 aliphatic rings. The summed E-state index contributed by atoms with van der Waals surface area (Å²) in [5.74, 6) is 0.0662. The van der Waals surface area contributed by atoms with Crippen LogP contribution in [0.2, 0.25) is 0 Å². The smallest absolute Gasteiger partial charge is 0.310 e. The topological polar surface area (TPSA) is 147 Å². The molecule has 12 heteroatoms. The van der Waals surface area contributed by atoms with Crippen LogP contribution < -0.4 is 5.43 Å². The third-order valence-electron chi connectivity index (χ3n) is 7.40. The number of nitrogens with one attached hydrogen (secondary N) is 1. The number of alkyl halides is 1. The van der Waals surface area contributed by atoms with Gasteiger partial charge in [-0.15, -0.1) is 0 Å². The first-order valence-corrected chi connectivity index (χ1v) is 13.7. The lowest BCUT2D eigenvalue weighted by Crippen LogP contribution is -2.53. The van der Waals surface area contributed by atoms with Crippen molar-refractivity contribution in [3.8, 4) is 0 Å². The van der Waals surface area contributed by atoms with Gasteiger partial charge in [0, 0.05) is 35.0 Å². The second-order valence-electron chi connectivity index (χ2n) is 9.75. The number of hydrogen-bond donors (Lipinski definition) is 3. The Kier molecular flexibility index (Phi) is 11.2. The number of likely N-dealkylation sites (tertiary alicyclic amines) is 1. The third kappa shape index (κ3) is 7.95. The standard InChI is InChI=1S/C22H38IN5O6/c1-2-34-22(29)16-4-3-11-26(13-16)14-20(15-5-7-17(23)8-6-15)25-24-19-10-9-18(27(30)31)12-21(19)28(32)33/h15-19,21,24,30,32H,2-14H2,1H3/q-2. The number of hydroxylamine groups is 4. The minimum Gasteiger partial charge on any atom is -0.762 e. The molecule has 2 aliphatic carbocycles. The maximum Gasteiger partial charge on any atom is 0.310 e. The fourth-order valence-electron chi connectivity index (χ4n) is 5.41. The van der Waals surface area contributed by atoms with Crippen LogP contribution in [0.5, 0.6) is 0 Å². The monoisotopic (exact) mass is 595 g/mol. The zero-order valence-corrected chi connectivity index (χ0v) is 22.0. The molecule has 0 amide bonds. The number of esters is 1. The molecule has 11 nitrogen and oxygen atoms in total. The molecule has 1 heterocycles. The van der Waals surface area contributed by atoms with Crippen molar-refractivity contribution in [3.63, 3.8) is 0 Å². The van der Waals surface area contributed by atoms with Gasteiger partial charge in [-0.25, -0.2) is 0 Å².